The zero-order valence-corrected chi connectivity index (χ0v) is 14.2. The lowest BCUT2D eigenvalue weighted by Crippen LogP contribution is -2.14. The molecule has 0 spiro atoms. The molecule has 4 nitrogen and oxygen atoms in total. The summed E-state index contributed by atoms with van der Waals surface area (Å²) in [5, 5.41) is 0.629. The van der Waals surface area contributed by atoms with Gasteiger partial charge < -0.3 is 9.47 Å². The molecular weight excluding hydrogens is 336 g/mol. The van der Waals surface area contributed by atoms with Gasteiger partial charge in [0.05, 0.1) is 21.3 Å². The largest absolute Gasteiger partial charge is 0.490 e. The Morgan fingerprint density at radius 1 is 1.09 bits per heavy atom. The highest BCUT2D eigenvalue weighted by Crippen LogP contribution is 2.16. The zero-order chi connectivity index (χ0) is 16.7. The number of esters is 1. The van der Waals surface area contributed by atoms with Crippen LogP contribution in [0, 0.1) is 0 Å². The summed E-state index contributed by atoms with van der Waals surface area (Å²) in [5.74, 6) is 0.601. The molecule has 0 bridgehead atoms. The first kappa shape index (κ1) is 17.5. The molecule has 0 radical (unpaired) electrons. The van der Waals surface area contributed by atoms with E-state index < -0.39 is 16.8 Å². The van der Waals surface area contributed by atoms with Crippen molar-refractivity contribution in [2.45, 2.75) is 11.8 Å². The maximum Gasteiger partial charge on any atom is 0.339 e. The highest BCUT2D eigenvalue weighted by molar-refractivity contribution is 7.85. The standard InChI is InChI=1S/C17H17ClO4S/c1-2-23(20)16-6-4-3-5-15(16)17(19)22-12-11-21-14-9-7-13(18)8-10-14/h3-10H,2,11-12H2,1H3. The van der Waals surface area contributed by atoms with Gasteiger partial charge in [-0.2, -0.15) is 0 Å². The molecule has 2 aromatic rings. The van der Waals surface area contributed by atoms with Crippen LogP contribution < -0.4 is 4.74 Å². The monoisotopic (exact) mass is 352 g/mol. The van der Waals surface area contributed by atoms with Crippen LogP contribution in [0.15, 0.2) is 53.4 Å². The number of ether oxygens (including phenoxy) is 2. The van der Waals surface area contributed by atoms with E-state index >= 15 is 0 Å². The second-order valence-corrected chi connectivity index (χ2v) is 6.71. The van der Waals surface area contributed by atoms with Gasteiger partial charge in [-0.1, -0.05) is 30.7 Å². The molecule has 1 atom stereocenters. The lowest BCUT2D eigenvalue weighted by Gasteiger charge is -2.10. The summed E-state index contributed by atoms with van der Waals surface area (Å²) in [4.78, 5) is 12.6. The van der Waals surface area contributed by atoms with Crippen LogP contribution in [-0.4, -0.2) is 29.1 Å². The minimum Gasteiger partial charge on any atom is -0.490 e. The highest BCUT2D eigenvalue weighted by atomic mass is 35.5. The van der Waals surface area contributed by atoms with Gasteiger partial charge in [0.25, 0.3) is 0 Å². The first-order valence-electron chi connectivity index (χ1n) is 7.14. The number of hydrogen-bond acceptors (Lipinski definition) is 4. The van der Waals surface area contributed by atoms with E-state index in [0.717, 1.165) is 0 Å². The van der Waals surface area contributed by atoms with Crippen molar-refractivity contribution >= 4 is 28.4 Å². The van der Waals surface area contributed by atoms with Crippen molar-refractivity contribution in [1.29, 1.82) is 0 Å². The predicted octanol–water partition coefficient (Wildman–Crippen LogP) is 3.70. The molecular formula is C17H17ClO4S. The molecule has 0 heterocycles. The van der Waals surface area contributed by atoms with Gasteiger partial charge in [-0.3, -0.25) is 4.21 Å². The molecule has 0 aliphatic heterocycles. The van der Waals surface area contributed by atoms with Crippen LogP contribution in [0.25, 0.3) is 0 Å². The Balaban J connectivity index is 1.88. The minimum atomic E-state index is -1.21. The van der Waals surface area contributed by atoms with Crippen LogP contribution in [0.2, 0.25) is 5.02 Å². The van der Waals surface area contributed by atoms with Crippen LogP contribution in [0.4, 0.5) is 0 Å². The Morgan fingerprint density at radius 3 is 2.48 bits per heavy atom. The molecule has 0 N–H and O–H groups in total. The lowest BCUT2D eigenvalue weighted by molar-refractivity contribution is 0.0446. The molecule has 0 saturated carbocycles. The van der Waals surface area contributed by atoms with Crippen LogP contribution >= 0.6 is 11.6 Å². The molecule has 6 heteroatoms. The minimum absolute atomic E-state index is 0.106. The summed E-state index contributed by atoms with van der Waals surface area (Å²) in [6.45, 7) is 2.14. The number of rotatable bonds is 7. The van der Waals surface area contributed by atoms with Gasteiger partial charge in [-0.25, -0.2) is 4.79 Å². The molecule has 122 valence electrons. The van der Waals surface area contributed by atoms with Crippen molar-refractivity contribution in [3.05, 3.63) is 59.1 Å². The Morgan fingerprint density at radius 2 is 1.78 bits per heavy atom. The fourth-order valence-electron chi connectivity index (χ4n) is 1.89. The topological polar surface area (TPSA) is 52.6 Å². The number of halogens is 1. The maximum absolute atomic E-state index is 12.1. The van der Waals surface area contributed by atoms with Crippen molar-refractivity contribution in [2.24, 2.45) is 0 Å². The molecule has 23 heavy (non-hydrogen) atoms. The molecule has 0 aliphatic carbocycles. The summed E-state index contributed by atoms with van der Waals surface area (Å²) in [7, 11) is -1.21. The summed E-state index contributed by atoms with van der Waals surface area (Å²) < 4.78 is 22.6. The van der Waals surface area contributed by atoms with E-state index in [9.17, 15) is 9.00 Å². The molecule has 2 aromatic carbocycles. The van der Waals surface area contributed by atoms with Crippen LogP contribution in [0.3, 0.4) is 0 Å². The van der Waals surface area contributed by atoms with Gasteiger partial charge in [0.1, 0.15) is 19.0 Å². The van der Waals surface area contributed by atoms with Crippen LogP contribution in [0.5, 0.6) is 5.75 Å². The van der Waals surface area contributed by atoms with Crippen molar-refractivity contribution in [2.75, 3.05) is 19.0 Å². The van der Waals surface area contributed by atoms with Crippen LogP contribution in [0.1, 0.15) is 17.3 Å². The normalized spacial score (nSPS) is 11.7. The number of carbonyl (C=O) groups excluding carboxylic acids is 1. The summed E-state index contributed by atoms with van der Waals surface area (Å²) in [5.41, 5.74) is 0.333. The van der Waals surface area contributed by atoms with Gasteiger partial charge in [-0.15, -0.1) is 0 Å². The van der Waals surface area contributed by atoms with Crippen LogP contribution in [-0.2, 0) is 15.5 Å². The van der Waals surface area contributed by atoms with Crippen molar-refractivity contribution in [1.82, 2.24) is 0 Å². The van der Waals surface area contributed by atoms with E-state index in [1.54, 1.807) is 55.5 Å². The van der Waals surface area contributed by atoms with E-state index in [2.05, 4.69) is 0 Å². The number of hydrogen-bond donors (Lipinski definition) is 0. The predicted molar refractivity (Wildman–Crippen MR) is 90.6 cm³/mol. The average Bonchev–Trinajstić information content (AvgIpc) is 2.59. The maximum atomic E-state index is 12.1. The van der Waals surface area contributed by atoms with Gasteiger partial charge >= 0.3 is 5.97 Å². The van der Waals surface area contributed by atoms with Crippen molar-refractivity contribution in [3.8, 4) is 5.75 Å². The molecule has 1 unspecified atom stereocenters. The van der Waals surface area contributed by atoms with E-state index in [1.165, 1.54) is 0 Å². The second kappa shape index (κ2) is 8.70. The third kappa shape index (κ3) is 5.08. The molecule has 0 aromatic heterocycles. The average molecular weight is 353 g/mol. The van der Waals surface area contributed by atoms with E-state index in [0.29, 0.717) is 27.0 Å². The summed E-state index contributed by atoms with van der Waals surface area (Å²) in [6, 6.07) is 13.7. The van der Waals surface area contributed by atoms with Gasteiger partial charge in [0.2, 0.25) is 0 Å². The Bertz CT molecular complexity index is 685. The van der Waals surface area contributed by atoms with Gasteiger partial charge in [-0.05, 0) is 36.4 Å². The quantitative estimate of drug-likeness (QED) is 0.563. The molecule has 0 fully saturated rings. The van der Waals surface area contributed by atoms with Gasteiger partial charge in [0.15, 0.2) is 0 Å². The van der Waals surface area contributed by atoms with Gasteiger partial charge in [0, 0.05) is 10.8 Å². The number of carbonyl (C=O) groups is 1. The SMILES string of the molecule is CCS(=O)c1ccccc1C(=O)OCCOc1ccc(Cl)cc1. The Kier molecular flexibility index (Phi) is 6.62. The Labute approximate surface area is 142 Å². The van der Waals surface area contributed by atoms with Crippen molar-refractivity contribution in [3.63, 3.8) is 0 Å². The molecule has 2 rings (SSSR count). The third-order valence-corrected chi connectivity index (χ3v) is 4.64. The number of benzene rings is 2. The van der Waals surface area contributed by atoms with E-state index in [4.69, 9.17) is 21.1 Å². The molecule has 0 amide bonds. The Hall–Kier alpha value is -1.85. The molecule has 0 saturated heterocycles. The smallest absolute Gasteiger partial charge is 0.339 e. The third-order valence-electron chi connectivity index (χ3n) is 3.01. The van der Waals surface area contributed by atoms with E-state index in [1.807, 2.05) is 0 Å². The highest BCUT2D eigenvalue weighted by Gasteiger charge is 2.15. The lowest BCUT2D eigenvalue weighted by atomic mass is 10.2. The fraction of sp³-hybridized carbons (Fsp3) is 0.235. The fourth-order valence-corrected chi connectivity index (χ4v) is 2.96. The zero-order valence-electron chi connectivity index (χ0n) is 12.7. The first-order valence-corrected chi connectivity index (χ1v) is 8.84. The van der Waals surface area contributed by atoms with Crippen molar-refractivity contribution < 1.29 is 18.5 Å². The molecule has 0 aliphatic rings. The summed E-state index contributed by atoms with van der Waals surface area (Å²) in [6.07, 6.45) is 0. The summed E-state index contributed by atoms with van der Waals surface area (Å²) >= 11 is 5.78. The first-order chi connectivity index (χ1) is 11.1. The second-order valence-electron chi connectivity index (χ2n) is 4.57. The van der Waals surface area contributed by atoms with E-state index in [-0.39, 0.29) is 13.2 Å².